The van der Waals surface area contributed by atoms with Gasteiger partial charge in [-0.25, -0.2) is 4.79 Å². The number of rotatable bonds is 9. The molecule has 2 aromatic carbocycles. The number of ketones is 1. The smallest absolute Gasteiger partial charge is 0.322 e. The lowest BCUT2D eigenvalue weighted by molar-refractivity contribution is -0.138. The van der Waals surface area contributed by atoms with Crippen LogP contribution in [-0.2, 0) is 16.0 Å². The zero-order chi connectivity index (χ0) is 35.4. The summed E-state index contributed by atoms with van der Waals surface area (Å²) in [7, 11) is 2.16. The largest absolute Gasteiger partial charge is 0.397 e. The second kappa shape index (κ2) is 16.5. The second-order valence-electron chi connectivity index (χ2n) is 14.0. The Morgan fingerprint density at radius 1 is 0.900 bits per heavy atom. The molecule has 14 heteroatoms. The maximum Gasteiger partial charge on any atom is 0.322 e. The summed E-state index contributed by atoms with van der Waals surface area (Å²) in [5.74, 6) is -0.807. The molecule has 0 radical (unpaired) electrons. The van der Waals surface area contributed by atoms with Gasteiger partial charge in [0.05, 0.1) is 12.2 Å². The first-order valence-electron chi connectivity index (χ1n) is 17.7. The zero-order valence-corrected chi connectivity index (χ0v) is 31.9. The number of anilines is 2. The number of hydrogen-bond acceptors (Lipinski definition) is 8. The van der Waals surface area contributed by atoms with Crippen molar-refractivity contribution in [1.82, 2.24) is 29.8 Å². The first-order chi connectivity index (χ1) is 24.0. The number of urea groups is 1. The monoisotopic (exact) mass is 814 g/mol. The van der Waals surface area contributed by atoms with E-state index in [-0.39, 0.29) is 42.6 Å². The van der Waals surface area contributed by atoms with Crippen molar-refractivity contribution < 1.29 is 19.2 Å². The predicted octanol–water partition coefficient (Wildman–Crippen LogP) is 3.64. The van der Waals surface area contributed by atoms with Crippen molar-refractivity contribution in [2.45, 2.75) is 56.7 Å². The summed E-state index contributed by atoms with van der Waals surface area (Å²) in [6.07, 6.45) is 3.83. The van der Waals surface area contributed by atoms with Crippen LogP contribution in [0.3, 0.4) is 0 Å². The molecule has 2 aromatic rings. The topological polar surface area (TPSA) is 135 Å². The Morgan fingerprint density at radius 2 is 1.54 bits per heavy atom. The number of Topliss-reactive ketones (excluding diaryl/α,β-unsaturated/α-hetero) is 1. The number of nitrogen functional groups attached to an aromatic ring is 1. The van der Waals surface area contributed by atoms with E-state index in [1.165, 1.54) is 0 Å². The molecule has 0 bridgehead atoms. The van der Waals surface area contributed by atoms with Gasteiger partial charge >= 0.3 is 6.03 Å². The molecule has 4 N–H and O–H groups in total. The molecule has 4 heterocycles. The van der Waals surface area contributed by atoms with Crippen molar-refractivity contribution in [3.8, 4) is 0 Å². The molecule has 0 spiro atoms. The van der Waals surface area contributed by atoms with Crippen molar-refractivity contribution >= 4 is 66.9 Å². The van der Waals surface area contributed by atoms with Crippen LogP contribution in [0.4, 0.5) is 16.2 Å². The molecule has 0 unspecified atom stereocenters. The van der Waals surface area contributed by atoms with Crippen LogP contribution in [-0.4, -0.2) is 139 Å². The first kappa shape index (κ1) is 36.7. The van der Waals surface area contributed by atoms with Crippen molar-refractivity contribution in [1.29, 1.82) is 0 Å². The summed E-state index contributed by atoms with van der Waals surface area (Å²) < 4.78 is 1.15. The third kappa shape index (κ3) is 8.87. The maximum absolute atomic E-state index is 14.1. The van der Waals surface area contributed by atoms with Gasteiger partial charge in [-0.05, 0) is 94.8 Å². The lowest BCUT2D eigenvalue weighted by Gasteiger charge is -2.42. The standard InChI is InChI=1S/C36H48Br2N8O4/c1-42-16-18-44(19-17-42)26-7-11-43(12-8-26)23-33(48)40-31(22-32(47)25-20-28(37)34(39)29(38)21-25)35(49)45-13-9-27(10-14-45)46-15-6-24-4-2-3-5-30(24)41-36(46)50/h2-5,20-21,26-27,31H,6-19,22-23,39H2,1H3,(H,40,48)(H,41,50)/t31-/m0/s1. The first-order valence-corrected chi connectivity index (χ1v) is 19.3. The number of likely N-dealkylation sites (tertiary alicyclic amines) is 2. The molecule has 6 rings (SSSR count). The Kier molecular flexibility index (Phi) is 12.1. The normalized spacial score (nSPS) is 20.9. The number of fused-ring (bicyclic) bond motifs is 1. The highest BCUT2D eigenvalue weighted by Crippen LogP contribution is 2.31. The fourth-order valence-corrected chi connectivity index (χ4v) is 8.86. The van der Waals surface area contributed by atoms with Crippen LogP contribution in [0.1, 0.15) is 48.0 Å². The van der Waals surface area contributed by atoms with Gasteiger partial charge in [0, 0.05) is 97.6 Å². The SMILES string of the molecule is CN1CCN(C2CCN(CC(=O)N[C@@H](CC(=O)c3cc(Br)c(N)c(Br)c3)C(=O)N3CCC(N4CCc5ccccc5NC4=O)CC3)CC2)CC1. The average molecular weight is 817 g/mol. The maximum atomic E-state index is 14.1. The minimum atomic E-state index is -1.01. The Morgan fingerprint density at radius 3 is 2.22 bits per heavy atom. The number of likely N-dealkylation sites (N-methyl/N-ethyl adjacent to an activating group) is 1. The summed E-state index contributed by atoms with van der Waals surface area (Å²) >= 11 is 6.82. The highest BCUT2D eigenvalue weighted by molar-refractivity contribution is 9.11. The molecule has 50 heavy (non-hydrogen) atoms. The second-order valence-corrected chi connectivity index (χ2v) is 15.7. The lowest BCUT2D eigenvalue weighted by Crippen LogP contribution is -2.56. The van der Waals surface area contributed by atoms with Crippen LogP contribution in [0.25, 0.3) is 0 Å². The molecular formula is C36H48Br2N8O4. The Balaban J connectivity index is 1.08. The Bertz CT molecular complexity index is 1550. The van der Waals surface area contributed by atoms with Gasteiger partial charge in [0.25, 0.3) is 0 Å². The number of carbonyl (C=O) groups excluding carboxylic acids is 4. The summed E-state index contributed by atoms with van der Waals surface area (Å²) in [5, 5.41) is 6.00. The van der Waals surface area contributed by atoms with Gasteiger partial charge in [-0.2, -0.15) is 0 Å². The summed E-state index contributed by atoms with van der Waals surface area (Å²) in [5.41, 5.74) is 8.87. The van der Waals surface area contributed by atoms with Crippen LogP contribution in [0.2, 0.25) is 0 Å². The number of halogens is 2. The fraction of sp³-hybridized carbons (Fsp3) is 0.556. The minimum Gasteiger partial charge on any atom is -0.397 e. The van der Waals surface area contributed by atoms with Crippen molar-refractivity contribution in [2.24, 2.45) is 0 Å². The van der Waals surface area contributed by atoms with Gasteiger partial charge in [-0.3, -0.25) is 24.2 Å². The molecule has 3 saturated heterocycles. The van der Waals surface area contributed by atoms with Crippen LogP contribution in [0, 0.1) is 0 Å². The molecule has 1 atom stereocenters. The lowest BCUT2D eigenvalue weighted by atomic mass is 9.99. The van der Waals surface area contributed by atoms with E-state index in [0.29, 0.717) is 58.7 Å². The van der Waals surface area contributed by atoms with E-state index in [9.17, 15) is 19.2 Å². The molecule has 4 aliphatic rings. The van der Waals surface area contributed by atoms with Crippen LogP contribution in [0.5, 0.6) is 0 Å². The highest BCUT2D eigenvalue weighted by atomic mass is 79.9. The van der Waals surface area contributed by atoms with Gasteiger partial charge in [-0.1, -0.05) is 18.2 Å². The molecule has 3 fully saturated rings. The van der Waals surface area contributed by atoms with Gasteiger partial charge in [-0.15, -0.1) is 0 Å². The number of nitrogens with two attached hydrogens (primary N) is 1. The third-order valence-electron chi connectivity index (χ3n) is 10.8. The Hall–Kier alpha value is -3.04. The van der Waals surface area contributed by atoms with E-state index < -0.39 is 6.04 Å². The average Bonchev–Trinajstić information content (AvgIpc) is 3.28. The van der Waals surface area contributed by atoms with Crippen LogP contribution in [0.15, 0.2) is 45.3 Å². The number of nitrogens with zero attached hydrogens (tertiary/aromatic N) is 5. The number of hydrogen-bond donors (Lipinski definition) is 3. The van der Waals surface area contributed by atoms with Crippen LogP contribution >= 0.6 is 31.9 Å². The quantitative estimate of drug-likeness (QED) is 0.258. The summed E-state index contributed by atoms with van der Waals surface area (Å²) in [4.78, 5) is 65.0. The number of piperazine rings is 1. The van der Waals surface area contributed by atoms with Gasteiger partial charge in [0.15, 0.2) is 5.78 Å². The minimum absolute atomic E-state index is 0.0127. The summed E-state index contributed by atoms with van der Waals surface area (Å²) in [6.45, 7) is 7.61. The van der Waals surface area contributed by atoms with E-state index in [2.05, 4.69) is 64.2 Å². The van der Waals surface area contributed by atoms with Gasteiger partial charge < -0.3 is 31.1 Å². The van der Waals surface area contributed by atoms with Gasteiger partial charge in [0.2, 0.25) is 11.8 Å². The number of nitrogens with one attached hydrogen (secondary N) is 2. The van der Waals surface area contributed by atoms with E-state index >= 15 is 0 Å². The van der Waals surface area contributed by atoms with Gasteiger partial charge in [0.1, 0.15) is 6.04 Å². The van der Waals surface area contributed by atoms with E-state index in [0.717, 1.165) is 69.8 Å². The number of piperidine rings is 2. The fourth-order valence-electron chi connectivity index (χ4n) is 7.68. The molecule has 4 aliphatic heterocycles. The van der Waals surface area contributed by atoms with E-state index in [4.69, 9.17) is 5.73 Å². The molecule has 4 amide bonds. The molecular weight excluding hydrogens is 768 g/mol. The van der Waals surface area contributed by atoms with Crippen molar-refractivity contribution in [3.63, 3.8) is 0 Å². The molecule has 0 saturated carbocycles. The number of benzene rings is 2. The third-order valence-corrected chi connectivity index (χ3v) is 12.1. The number of amides is 4. The highest BCUT2D eigenvalue weighted by Gasteiger charge is 2.35. The predicted molar refractivity (Wildman–Crippen MR) is 201 cm³/mol. The summed E-state index contributed by atoms with van der Waals surface area (Å²) in [6, 6.07) is 10.5. The van der Waals surface area contributed by atoms with E-state index in [1.54, 1.807) is 17.0 Å². The molecule has 12 nitrogen and oxygen atoms in total. The zero-order valence-electron chi connectivity index (χ0n) is 28.7. The number of carbonyl (C=O) groups is 4. The van der Waals surface area contributed by atoms with Crippen LogP contribution < -0.4 is 16.4 Å². The van der Waals surface area contributed by atoms with Crippen molar-refractivity contribution in [2.75, 3.05) is 83.5 Å². The van der Waals surface area contributed by atoms with Crippen molar-refractivity contribution in [3.05, 3.63) is 56.5 Å². The number of para-hydroxylation sites is 1. The van der Waals surface area contributed by atoms with E-state index in [1.807, 2.05) is 29.2 Å². The molecule has 0 aliphatic carbocycles. The molecule has 270 valence electrons. The Labute approximate surface area is 311 Å². The molecule has 0 aromatic heterocycles.